The minimum absolute atomic E-state index is 0.0173. The number of hydrogen-bond acceptors (Lipinski definition) is 4. The van der Waals surface area contributed by atoms with Crippen molar-refractivity contribution in [3.05, 3.63) is 0 Å². The number of carboxylic acids is 1. The topological polar surface area (TPSA) is 70.1 Å². The first-order valence-electron chi connectivity index (χ1n) is 6.87. The predicted octanol–water partition coefficient (Wildman–Crippen LogP) is 0.0287. The molecular formula is C13H22N2O4. The van der Waals surface area contributed by atoms with Crippen molar-refractivity contribution in [1.29, 1.82) is 0 Å². The minimum atomic E-state index is -0.827. The summed E-state index contributed by atoms with van der Waals surface area (Å²) in [6.07, 6.45) is 0.831. The highest BCUT2D eigenvalue weighted by Crippen LogP contribution is 2.26. The number of hydrogen-bond donors (Lipinski definition) is 1. The van der Waals surface area contributed by atoms with E-state index in [1.807, 2.05) is 18.7 Å². The molecule has 0 aromatic rings. The number of amides is 1. The van der Waals surface area contributed by atoms with Gasteiger partial charge >= 0.3 is 5.97 Å². The fourth-order valence-electron chi connectivity index (χ4n) is 2.99. The number of carbonyl (C=O) groups is 2. The normalized spacial score (nSPS) is 30.3. The quantitative estimate of drug-likeness (QED) is 0.783. The van der Waals surface area contributed by atoms with Crippen molar-refractivity contribution in [2.24, 2.45) is 5.92 Å². The van der Waals surface area contributed by atoms with Crippen molar-refractivity contribution < 1.29 is 19.4 Å². The van der Waals surface area contributed by atoms with Crippen molar-refractivity contribution in [3.63, 3.8) is 0 Å². The Kier molecular flexibility index (Phi) is 4.42. The molecule has 2 aliphatic heterocycles. The van der Waals surface area contributed by atoms with E-state index < -0.39 is 12.0 Å². The summed E-state index contributed by atoms with van der Waals surface area (Å²) in [6.45, 7) is 6.76. The molecule has 2 rings (SSSR count). The molecule has 1 amide bonds. The summed E-state index contributed by atoms with van der Waals surface area (Å²) in [6, 6.07) is -0.913. The molecule has 0 aliphatic carbocycles. The Labute approximate surface area is 113 Å². The average molecular weight is 270 g/mol. The van der Waals surface area contributed by atoms with Crippen LogP contribution in [0, 0.1) is 5.92 Å². The van der Waals surface area contributed by atoms with Gasteiger partial charge < -0.3 is 14.7 Å². The Balaban J connectivity index is 2.03. The molecule has 0 spiro atoms. The smallest absolute Gasteiger partial charge is 0.321 e. The van der Waals surface area contributed by atoms with E-state index in [4.69, 9.17) is 4.74 Å². The van der Waals surface area contributed by atoms with Crippen molar-refractivity contribution in [1.82, 2.24) is 9.80 Å². The Morgan fingerprint density at radius 2 is 1.89 bits per heavy atom. The molecule has 108 valence electrons. The van der Waals surface area contributed by atoms with E-state index in [2.05, 4.69) is 0 Å². The number of carboxylic acid groups (broad SMARTS) is 1. The highest BCUT2D eigenvalue weighted by Gasteiger charge is 2.41. The molecule has 0 aromatic carbocycles. The first kappa shape index (κ1) is 14.3. The predicted molar refractivity (Wildman–Crippen MR) is 68.8 cm³/mol. The second-order valence-corrected chi connectivity index (χ2v) is 5.40. The molecule has 6 nitrogen and oxygen atoms in total. The van der Waals surface area contributed by atoms with Gasteiger partial charge in [-0.05, 0) is 19.3 Å². The Morgan fingerprint density at radius 1 is 1.26 bits per heavy atom. The zero-order valence-electron chi connectivity index (χ0n) is 11.5. The monoisotopic (exact) mass is 270 g/mol. The molecule has 19 heavy (non-hydrogen) atoms. The summed E-state index contributed by atoms with van der Waals surface area (Å²) >= 11 is 0. The number of rotatable bonds is 3. The van der Waals surface area contributed by atoms with Gasteiger partial charge in [0, 0.05) is 19.6 Å². The van der Waals surface area contributed by atoms with Crippen LogP contribution >= 0.6 is 0 Å². The van der Waals surface area contributed by atoms with Crippen LogP contribution in [0.25, 0.3) is 0 Å². The van der Waals surface area contributed by atoms with E-state index in [9.17, 15) is 14.7 Å². The third-order valence-corrected chi connectivity index (χ3v) is 4.17. The molecule has 0 radical (unpaired) electrons. The molecule has 1 N–H and O–H groups in total. The van der Waals surface area contributed by atoms with Crippen LogP contribution in [0.15, 0.2) is 0 Å². The molecular weight excluding hydrogens is 248 g/mol. The molecule has 3 unspecified atom stereocenters. The van der Waals surface area contributed by atoms with Crippen molar-refractivity contribution in [3.8, 4) is 0 Å². The summed E-state index contributed by atoms with van der Waals surface area (Å²) in [5.74, 6) is -0.715. The van der Waals surface area contributed by atoms with Gasteiger partial charge in [-0.1, -0.05) is 6.92 Å². The van der Waals surface area contributed by atoms with Gasteiger partial charge in [0.1, 0.15) is 6.04 Å². The number of likely N-dealkylation sites (tertiary alicyclic amines) is 1. The van der Waals surface area contributed by atoms with Crippen LogP contribution in [-0.4, -0.2) is 71.7 Å². The van der Waals surface area contributed by atoms with Gasteiger partial charge in [0.05, 0.1) is 19.3 Å². The number of morpholine rings is 1. The minimum Gasteiger partial charge on any atom is -0.480 e. The lowest BCUT2D eigenvalue weighted by Crippen LogP contribution is -2.53. The lowest BCUT2D eigenvalue weighted by molar-refractivity contribution is -0.148. The second kappa shape index (κ2) is 5.88. The number of aliphatic carboxylic acids is 1. The van der Waals surface area contributed by atoms with E-state index in [0.29, 0.717) is 32.8 Å². The SMILES string of the molecule is CC1CCN(C(C)C(=O)N2CCOCC2)C1C(=O)O. The molecule has 0 aromatic heterocycles. The third kappa shape index (κ3) is 2.90. The average Bonchev–Trinajstić information content (AvgIpc) is 2.80. The zero-order valence-corrected chi connectivity index (χ0v) is 11.5. The van der Waals surface area contributed by atoms with E-state index in [1.54, 1.807) is 4.90 Å². The summed E-state index contributed by atoms with van der Waals surface area (Å²) in [5.41, 5.74) is 0. The van der Waals surface area contributed by atoms with Crippen LogP contribution in [-0.2, 0) is 14.3 Å². The van der Waals surface area contributed by atoms with Crippen molar-refractivity contribution in [2.45, 2.75) is 32.4 Å². The molecule has 6 heteroatoms. The van der Waals surface area contributed by atoms with Crippen LogP contribution < -0.4 is 0 Å². The zero-order chi connectivity index (χ0) is 14.0. The maximum absolute atomic E-state index is 12.4. The largest absolute Gasteiger partial charge is 0.480 e. The van der Waals surface area contributed by atoms with E-state index in [-0.39, 0.29) is 17.9 Å². The lowest BCUT2D eigenvalue weighted by atomic mass is 10.0. The summed E-state index contributed by atoms with van der Waals surface area (Å²) in [5, 5.41) is 9.31. The van der Waals surface area contributed by atoms with E-state index in [0.717, 1.165) is 6.42 Å². The van der Waals surface area contributed by atoms with Gasteiger partial charge in [-0.3, -0.25) is 14.5 Å². The number of nitrogens with zero attached hydrogens (tertiary/aromatic N) is 2. The van der Waals surface area contributed by atoms with Crippen molar-refractivity contribution >= 4 is 11.9 Å². The number of carbonyl (C=O) groups excluding carboxylic acids is 1. The van der Waals surface area contributed by atoms with Gasteiger partial charge in [-0.2, -0.15) is 0 Å². The maximum atomic E-state index is 12.4. The maximum Gasteiger partial charge on any atom is 0.321 e. The van der Waals surface area contributed by atoms with Crippen LogP contribution in [0.2, 0.25) is 0 Å². The summed E-state index contributed by atoms with van der Waals surface area (Å²) < 4.78 is 5.23. The van der Waals surface area contributed by atoms with Crippen LogP contribution in [0.3, 0.4) is 0 Å². The Bertz CT molecular complexity index is 355. The molecule has 3 atom stereocenters. The van der Waals surface area contributed by atoms with Crippen LogP contribution in [0.4, 0.5) is 0 Å². The first-order valence-corrected chi connectivity index (χ1v) is 6.87. The van der Waals surface area contributed by atoms with Gasteiger partial charge in [-0.15, -0.1) is 0 Å². The molecule has 2 heterocycles. The van der Waals surface area contributed by atoms with Gasteiger partial charge in [-0.25, -0.2) is 0 Å². The molecule has 0 saturated carbocycles. The molecule has 2 saturated heterocycles. The lowest BCUT2D eigenvalue weighted by Gasteiger charge is -2.34. The van der Waals surface area contributed by atoms with Gasteiger partial charge in [0.25, 0.3) is 0 Å². The fraction of sp³-hybridized carbons (Fsp3) is 0.846. The first-order chi connectivity index (χ1) is 9.02. The van der Waals surface area contributed by atoms with E-state index in [1.165, 1.54) is 0 Å². The number of ether oxygens (including phenoxy) is 1. The Morgan fingerprint density at radius 3 is 2.47 bits per heavy atom. The van der Waals surface area contributed by atoms with E-state index >= 15 is 0 Å². The highest BCUT2D eigenvalue weighted by molar-refractivity contribution is 5.83. The van der Waals surface area contributed by atoms with Gasteiger partial charge in [0.2, 0.25) is 5.91 Å². The standard InChI is InChI=1S/C13H22N2O4/c1-9-3-4-15(11(9)13(17)18)10(2)12(16)14-5-7-19-8-6-14/h9-11H,3-8H2,1-2H3,(H,17,18). The molecule has 2 fully saturated rings. The molecule has 0 bridgehead atoms. The van der Waals surface area contributed by atoms with Crippen LogP contribution in [0.1, 0.15) is 20.3 Å². The second-order valence-electron chi connectivity index (χ2n) is 5.40. The summed E-state index contributed by atoms with van der Waals surface area (Å²) in [4.78, 5) is 27.3. The summed E-state index contributed by atoms with van der Waals surface area (Å²) in [7, 11) is 0. The molecule has 2 aliphatic rings. The Hall–Kier alpha value is -1.14. The van der Waals surface area contributed by atoms with Crippen molar-refractivity contribution in [2.75, 3.05) is 32.8 Å². The fourth-order valence-corrected chi connectivity index (χ4v) is 2.99. The van der Waals surface area contributed by atoms with Gasteiger partial charge in [0.15, 0.2) is 0 Å². The highest BCUT2D eigenvalue weighted by atomic mass is 16.5. The third-order valence-electron chi connectivity index (χ3n) is 4.17. The van der Waals surface area contributed by atoms with Crippen LogP contribution in [0.5, 0.6) is 0 Å².